The SMILES string of the molecule is COc1ccc(OC)c([C@@H]2CC(=O)Nc3ncnn32)c1. The zero-order valence-corrected chi connectivity index (χ0v) is 11.2. The van der Waals surface area contributed by atoms with Crippen molar-refractivity contribution in [1.82, 2.24) is 14.8 Å². The number of nitrogens with one attached hydrogen (secondary N) is 1. The van der Waals surface area contributed by atoms with Gasteiger partial charge < -0.3 is 9.47 Å². The lowest BCUT2D eigenvalue weighted by Gasteiger charge is -2.25. The van der Waals surface area contributed by atoms with Crippen LogP contribution in [0.4, 0.5) is 5.95 Å². The normalized spacial score (nSPS) is 17.3. The number of rotatable bonds is 3. The molecule has 7 nitrogen and oxygen atoms in total. The molecule has 0 fully saturated rings. The molecule has 2 aromatic rings. The number of methoxy groups -OCH3 is 2. The van der Waals surface area contributed by atoms with Crippen molar-refractivity contribution in [2.75, 3.05) is 19.5 Å². The van der Waals surface area contributed by atoms with Crippen molar-refractivity contribution < 1.29 is 14.3 Å². The van der Waals surface area contributed by atoms with E-state index in [1.165, 1.54) is 6.33 Å². The molecule has 0 spiro atoms. The molecule has 0 unspecified atom stereocenters. The Labute approximate surface area is 115 Å². The molecule has 0 aliphatic carbocycles. The van der Waals surface area contributed by atoms with Crippen molar-refractivity contribution >= 4 is 11.9 Å². The highest BCUT2D eigenvalue weighted by atomic mass is 16.5. The molecule has 1 atom stereocenters. The highest BCUT2D eigenvalue weighted by Gasteiger charge is 2.30. The van der Waals surface area contributed by atoms with E-state index in [4.69, 9.17) is 9.47 Å². The summed E-state index contributed by atoms with van der Waals surface area (Å²) >= 11 is 0. The van der Waals surface area contributed by atoms with E-state index in [1.54, 1.807) is 18.9 Å². The second-order valence-electron chi connectivity index (χ2n) is 4.40. The van der Waals surface area contributed by atoms with E-state index in [-0.39, 0.29) is 18.4 Å². The Balaban J connectivity index is 2.11. The van der Waals surface area contributed by atoms with Crippen LogP contribution in [0.2, 0.25) is 0 Å². The molecule has 0 radical (unpaired) electrons. The number of carbonyl (C=O) groups excluding carboxylic acids is 1. The van der Waals surface area contributed by atoms with E-state index < -0.39 is 0 Å². The third kappa shape index (κ3) is 1.97. The zero-order chi connectivity index (χ0) is 14.1. The highest BCUT2D eigenvalue weighted by molar-refractivity contribution is 5.91. The van der Waals surface area contributed by atoms with E-state index >= 15 is 0 Å². The van der Waals surface area contributed by atoms with Crippen LogP contribution in [0, 0.1) is 0 Å². The standard InChI is InChI=1S/C13H14N4O3/c1-19-8-3-4-11(20-2)9(5-8)10-6-12(18)16-13-14-7-15-17(10)13/h3-5,7,10H,6H2,1-2H3,(H,14,15,16,18)/t10-/m0/s1. The van der Waals surface area contributed by atoms with Crippen molar-refractivity contribution in [3.63, 3.8) is 0 Å². The summed E-state index contributed by atoms with van der Waals surface area (Å²) in [6.07, 6.45) is 1.69. The first-order chi connectivity index (χ1) is 9.72. The van der Waals surface area contributed by atoms with Crippen LogP contribution < -0.4 is 14.8 Å². The molecule has 1 amide bonds. The molecule has 104 valence electrons. The maximum absolute atomic E-state index is 11.8. The summed E-state index contributed by atoms with van der Waals surface area (Å²) in [7, 11) is 3.19. The third-order valence-electron chi connectivity index (χ3n) is 3.29. The molecular formula is C13H14N4O3. The van der Waals surface area contributed by atoms with Crippen molar-refractivity contribution in [2.45, 2.75) is 12.5 Å². The van der Waals surface area contributed by atoms with Gasteiger partial charge in [0, 0.05) is 5.56 Å². The van der Waals surface area contributed by atoms with Crippen LogP contribution in [0.3, 0.4) is 0 Å². The maximum Gasteiger partial charge on any atom is 0.229 e. The van der Waals surface area contributed by atoms with Crippen LogP contribution in [0.15, 0.2) is 24.5 Å². The molecule has 1 N–H and O–H groups in total. The maximum atomic E-state index is 11.8. The van der Waals surface area contributed by atoms with Crippen LogP contribution in [0.1, 0.15) is 18.0 Å². The highest BCUT2D eigenvalue weighted by Crippen LogP contribution is 2.36. The minimum atomic E-state index is -0.258. The number of hydrogen-bond donors (Lipinski definition) is 1. The zero-order valence-electron chi connectivity index (χ0n) is 11.2. The van der Waals surface area contributed by atoms with Crippen LogP contribution in [0.25, 0.3) is 0 Å². The molecule has 3 rings (SSSR count). The number of ether oxygens (including phenoxy) is 2. The van der Waals surface area contributed by atoms with Gasteiger partial charge in [0.2, 0.25) is 11.9 Å². The van der Waals surface area contributed by atoms with Crippen LogP contribution in [-0.2, 0) is 4.79 Å². The third-order valence-corrected chi connectivity index (χ3v) is 3.29. The molecule has 0 bridgehead atoms. The van der Waals surface area contributed by atoms with Crippen molar-refractivity contribution in [2.24, 2.45) is 0 Å². The molecule has 0 saturated carbocycles. The van der Waals surface area contributed by atoms with E-state index in [2.05, 4.69) is 15.4 Å². The van der Waals surface area contributed by atoms with E-state index in [9.17, 15) is 4.79 Å². The lowest BCUT2D eigenvalue weighted by molar-refractivity contribution is -0.117. The molecule has 1 aromatic heterocycles. The van der Waals surface area contributed by atoms with Crippen molar-refractivity contribution in [3.8, 4) is 11.5 Å². The van der Waals surface area contributed by atoms with Gasteiger partial charge in [-0.3, -0.25) is 10.1 Å². The van der Waals surface area contributed by atoms with Gasteiger partial charge in [-0.25, -0.2) is 4.68 Å². The Kier molecular flexibility index (Phi) is 3.02. The van der Waals surface area contributed by atoms with Gasteiger partial charge in [-0.15, -0.1) is 0 Å². The largest absolute Gasteiger partial charge is 0.497 e. The van der Waals surface area contributed by atoms with E-state index in [0.717, 1.165) is 5.56 Å². The van der Waals surface area contributed by atoms with Gasteiger partial charge >= 0.3 is 0 Å². The summed E-state index contributed by atoms with van der Waals surface area (Å²) in [6, 6.07) is 5.23. The first-order valence-corrected chi connectivity index (χ1v) is 6.14. The number of anilines is 1. The quantitative estimate of drug-likeness (QED) is 0.910. The fourth-order valence-corrected chi connectivity index (χ4v) is 2.35. The first kappa shape index (κ1) is 12.5. The van der Waals surface area contributed by atoms with Gasteiger partial charge in [0.05, 0.1) is 26.7 Å². The monoisotopic (exact) mass is 274 g/mol. The Morgan fingerprint density at radius 2 is 2.20 bits per heavy atom. The average Bonchev–Trinajstić information content (AvgIpc) is 2.93. The molecule has 20 heavy (non-hydrogen) atoms. The van der Waals surface area contributed by atoms with Gasteiger partial charge in [-0.05, 0) is 18.2 Å². The predicted octanol–water partition coefficient (Wildman–Crippen LogP) is 1.23. The number of benzene rings is 1. The van der Waals surface area contributed by atoms with Crippen LogP contribution in [0.5, 0.6) is 11.5 Å². The average molecular weight is 274 g/mol. The second-order valence-corrected chi connectivity index (χ2v) is 4.40. The van der Waals surface area contributed by atoms with Crippen molar-refractivity contribution in [3.05, 3.63) is 30.1 Å². The molecule has 7 heteroatoms. The lowest BCUT2D eigenvalue weighted by atomic mass is 10.0. The first-order valence-electron chi connectivity index (χ1n) is 6.14. The summed E-state index contributed by atoms with van der Waals surface area (Å²) in [5.74, 6) is 1.73. The number of nitrogens with zero attached hydrogens (tertiary/aromatic N) is 3. The van der Waals surface area contributed by atoms with Gasteiger partial charge in [-0.2, -0.15) is 10.1 Å². The smallest absolute Gasteiger partial charge is 0.229 e. The van der Waals surface area contributed by atoms with Crippen LogP contribution >= 0.6 is 0 Å². The molecule has 1 aliphatic rings. The van der Waals surface area contributed by atoms with Gasteiger partial charge in [0.15, 0.2) is 0 Å². The molecule has 1 aromatic carbocycles. The number of carbonyl (C=O) groups is 1. The Morgan fingerprint density at radius 3 is 2.95 bits per heavy atom. The number of aromatic nitrogens is 3. The molecular weight excluding hydrogens is 260 g/mol. The number of hydrogen-bond acceptors (Lipinski definition) is 5. The molecule has 1 aliphatic heterocycles. The molecule has 2 heterocycles. The topological polar surface area (TPSA) is 78.3 Å². The van der Waals surface area contributed by atoms with Crippen LogP contribution in [-0.4, -0.2) is 34.9 Å². The summed E-state index contributed by atoms with van der Waals surface area (Å²) in [6.45, 7) is 0. The Morgan fingerprint density at radius 1 is 1.35 bits per heavy atom. The fraction of sp³-hybridized carbons (Fsp3) is 0.308. The summed E-state index contributed by atoms with van der Waals surface area (Å²) < 4.78 is 12.3. The van der Waals surface area contributed by atoms with Gasteiger partial charge in [0.25, 0.3) is 0 Å². The van der Waals surface area contributed by atoms with Gasteiger partial charge in [-0.1, -0.05) is 0 Å². The van der Waals surface area contributed by atoms with Gasteiger partial charge in [0.1, 0.15) is 17.8 Å². The lowest BCUT2D eigenvalue weighted by Crippen LogP contribution is -2.29. The summed E-state index contributed by atoms with van der Waals surface area (Å²) in [5, 5.41) is 6.86. The summed E-state index contributed by atoms with van der Waals surface area (Å²) in [5.41, 5.74) is 0.841. The number of fused-ring (bicyclic) bond motifs is 1. The number of amides is 1. The Hall–Kier alpha value is -2.57. The van der Waals surface area contributed by atoms with E-state index in [1.807, 2.05) is 18.2 Å². The fourth-order valence-electron chi connectivity index (χ4n) is 2.35. The summed E-state index contributed by atoms with van der Waals surface area (Å²) in [4.78, 5) is 15.8. The minimum absolute atomic E-state index is 0.0969. The molecule has 0 saturated heterocycles. The predicted molar refractivity (Wildman–Crippen MR) is 71.0 cm³/mol. The second kappa shape index (κ2) is 4.84. The Bertz CT molecular complexity index is 653. The van der Waals surface area contributed by atoms with E-state index in [0.29, 0.717) is 17.4 Å². The van der Waals surface area contributed by atoms with Crippen molar-refractivity contribution in [1.29, 1.82) is 0 Å². The minimum Gasteiger partial charge on any atom is -0.497 e.